The molecule has 0 spiro atoms. The van der Waals surface area contributed by atoms with Gasteiger partial charge >= 0.3 is 0 Å². The van der Waals surface area contributed by atoms with Crippen molar-refractivity contribution in [3.05, 3.63) is 138 Å². The molecule has 3 heteroatoms. The molecule has 1 saturated heterocycles. The Bertz CT molecular complexity index is 2090. The standard InChI is InChI=1S/C37H28N2O/c1-37-20-19-28-27-12-6-8-14-34(27)40-36(28)35(37)30-22-23(15-17-31(30)38-37)24-16-18-33-29(21-24)26-11-5-7-13-32(26)39(33)25-9-3-2-4-10-25/h2-21,30,35,38H,22H2,1H3. The van der Waals surface area contributed by atoms with Crippen LogP contribution < -0.4 is 5.32 Å². The molecule has 192 valence electrons. The van der Waals surface area contributed by atoms with E-state index in [0.717, 1.165) is 17.8 Å². The summed E-state index contributed by atoms with van der Waals surface area (Å²) in [5.41, 5.74) is 9.72. The van der Waals surface area contributed by atoms with E-state index < -0.39 is 0 Å². The van der Waals surface area contributed by atoms with Crippen LogP contribution in [-0.2, 0) is 0 Å². The van der Waals surface area contributed by atoms with Gasteiger partial charge in [0.05, 0.1) is 22.5 Å². The highest BCUT2D eigenvalue weighted by Crippen LogP contribution is 2.55. The fourth-order valence-electron chi connectivity index (χ4n) is 7.55. The number of hydrogen-bond donors (Lipinski definition) is 1. The molecule has 1 aliphatic heterocycles. The van der Waals surface area contributed by atoms with Gasteiger partial charge in [-0.3, -0.25) is 0 Å². The Morgan fingerprint density at radius 2 is 1.57 bits per heavy atom. The second kappa shape index (κ2) is 7.89. The molecule has 6 aromatic rings. The molecule has 4 aromatic carbocycles. The van der Waals surface area contributed by atoms with Gasteiger partial charge < -0.3 is 14.3 Å². The van der Waals surface area contributed by atoms with Crippen LogP contribution >= 0.6 is 0 Å². The summed E-state index contributed by atoms with van der Waals surface area (Å²) in [5, 5.41) is 7.66. The van der Waals surface area contributed by atoms with Crippen LogP contribution in [0.1, 0.15) is 36.1 Å². The lowest BCUT2D eigenvalue weighted by Crippen LogP contribution is -2.39. The van der Waals surface area contributed by atoms with Crippen LogP contribution in [0, 0.1) is 5.92 Å². The Labute approximate surface area is 232 Å². The molecule has 3 aliphatic rings. The van der Waals surface area contributed by atoms with Crippen LogP contribution in [0.5, 0.6) is 0 Å². The molecule has 2 aromatic heterocycles. The summed E-state index contributed by atoms with van der Waals surface area (Å²) in [6, 6.07) is 34.8. The first-order valence-corrected chi connectivity index (χ1v) is 14.2. The van der Waals surface area contributed by atoms with Gasteiger partial charge in [0, 0.05) is 39.0 Å². The van der Waals surface area contributed by atoms with Gasteiger partial charge in [-0.05, 0) is 67.0 Å². The molecular weight excluding hydrogens is 488 g/mol. The molecular formula is C37H28N2O. The summed E-state index contributed by atoms with van der Waals surface area (Å²) < 4.78 is 8.95. The fraction of sp³-hybridized carbons (Fsp3) is 0.135. The highest BCUT2D eigenvalue weighted by atomic mass is 16.3. The third-order valence-electron chi connectivity index (χ3n) is 9.36. The molecule has 2 aliphatic carbocycles. The quantitative estimate of drug-likeness (QED) is 0.249. The normalized spacial score (nSPS) is 23.0. The lowest BCUT2D eigenvalue weighted by atomic mass is 9.71. The number of nitrogens with zero attached hydrogens (tertiary/aromatic N) is 1. The summed E-state index contributed by atoms with van der Waals surface area (Å²) in [4.78, 5) is 0. The highest BCUT2D eigenvalue weighted by Gasteiger charge is 2.52. The maximum absolute atomic E-state index is 6.57. The van der Waals surface area contributed by atoms with Gasteiger partial charge in [0.15, 0.2) is 0 Å². The average molecular weight is 517 g/mol. The molecule has 3 atom stereocenters. The summed E-state index contributed by atoms with van der Waals surface area (Å²) in [6.45, 7) is 2.31. The molecule has 3 nitrogen and oxygen atoms in total. The number of nitrogens with one attached hydrogen (secondary N) is 1. The Morgan fingerprint density at radius 1 is 0.800 bits per heavy atom. The van der Waals surface area contributed by atoms with Crippen molar-refractivity contribution in [3.8, 4) is 5.69 Å². The van der Waals surface area contributed by atoms with Gasteiger partial charge in [-0.15, -0.1) is 0 Å². The zero-order valence-electron chi connectivity index (χ0n) is 22.3. The Balaban J connectivity index is 1.15. The van der Waals surface area contributed by atoms with Gasteiger partial charge in [-0.25, -0.2) is 0 Å². The molecule has 0 amide bonds. The maximum Gasteiger partial charge on any atom is 0.134 e. The second-order valence-electron chi connectivity index (χ2n) is 11.6. The molecule has 1 fully saturated rings. The van der Waals surface area contributed by atoms with Gasteiger partial charge in [-0.2, -0.15) is 0 Å². The van der Waals surface area contributed by atoms with Crippen molar-refractivity contribution in [1.29, 1.82) is 0 Å². The predicted octanol–water partition coefficient (Wildman–Crippen LogP) is 8.99. The van der Waals surface area contributed by atoms with E-state index in [4.69, 9.17) is 4.42 Å². The third kappa shape index (κ3) is 2.95. The lowest BCUT2D eigenvalue weighted by Gasteiger charge is -2.32. The predicted molar refractivity (Wildman–Crippen MR) is 164 cm³/mol. The van der Waals surface area contributed by atoms with E-state index >= 15 is 0 Å². The van der Waals surface area contributed by atoms with E-state index in [0.29, 0.717) is 5.92 Å². The number of furan rings is 1. The van der Waals surface area contributed by atoms with Crippen LogP contribution in [0.4, 0.5) is 0 Å². The number of allylic oxidation sites excluding steroid dienone is 4. The van der Waals surface area contributed by atoms with Crippen LogP contribution in [0.15, 0.2) is 125 Å². The topological polar surface area (TPSA) is 30.1 Å². The average Bonchev–Trinajstić information content (AvgIpc) is 3.63. The number of benzene rings is 4. The number of rotatable bonds is 2. The van der Waals surface area contributed by atoms with Crippen molar-refractivity contribution >= 4 is 44.4 Å². The van der Waals surface area contributed by atoms with Gasteiger partial charge in [0.2, 0.25) is 0 Å². The van der Waals surface area contributed by atoms with Crippen LogP contribution in [0.25, 0.3) is 50.1 Å². The van der Waals surface area contributed by atoms with Gasteiger partial charge in [0.1, 0.15) is 11.3 Å². The number of hydrogen-bond acceptors (Lipinski definition) is 2. The van der Waals surface area contributed by atoms with Crippen LogP contribution in [0.2, 0.25) is 0 Å². The monoisotopic (exact) mass is 516 g/mol. The van der Waals surface area contributed by atoms with E-state index in [1.54, 1.807) is 0 Å². The zero-order chi connectivity index (χ0) is 26.4. The summed E-state index contributed by atoms with van der Waals surface area (Å²) in [7, 11) is 0. The first kappa shape index (κ1) is 22.1. The summed E-state index contributed by atoms with van der Waals surface area (Å²) in [6.07, 6.45) is 10.2. The number of para-hydroxylation sites is 3. The van der Waals surface area contributed by atoms with Crippen LogP contribution in [0.3, 0.4) is 0 Å². The Morgan fingerprint density at radius 3 is 2.48 bits per heavy atom. The third-order valence-corrected chi connectivity index (χ3v) is 9.36. The van der Waals surface area contributed by atoms with Gasteiger partial charge in [-0.1, -0.05) is 78.9 Å². The minimum Gasteiger partial charge on any atom is -0.460 e. The second-order valence-corrected chi connectivity index (χ2v) is 11.6. The largest absolute Gasteiger partial charge is 0.460 e. The molecule has 3 heterocycles. The Hall–Kier alpha value is -4.76. The lowest BCUT2D eigenvalue weighted by molar-refractivity contribution is 0.354. The molecule has 0 radical (unpaired) electrons. The zero-order valence-corrected chi connectivity index (χ0v) is 22.3. The highest BCUT2D eigenvalue weighted by molar-refractivity contribution is 6.10. The fourth-order valence-corrected chi connectivity index (χ4v) is 7.55. The van der Waals surface area contributed by atoms with E-state index in [2.05, 4.69) is 138 Å². The van der Waals surface area contributed by atoms with Crippen molar-refractivity contribution in [2.24, 2.45) is 5.92 Å². The summed E-state index contributed by atoms with van der Waals surface area (Å²) >= 11 is 0. The van der Waals surface area contributed by atoms with Crippen molar-refractivity contribution in [2.75, 3.05) is 0 Å². The van der Waals surface area contributed by atoms with E-state index in [9.17, 15) is 0 Å². The maximum atomic E-state index is 6.57. The number of aromatic nitrogens is 1. The Kier molecular flexibility index (Phi) is 4.36. The molecule has 40 heavy (non-hydrogen) atoms. The van der Waals surface area contributed by atoms with Gasteiger partial charge in [0.25, 0.3) is 0 Å². The molecule has 0 saturated carbocycles. The molecule has 9 rings (SSSR count). The van der Waals surface area contributed by atoms with Crippen molar-refractivity contribution in [1.82, 2.24) is 9.88 Å². The minimum atomic E-state index is -0.159. The molecule has 1 N–H and O–H groups in total. The van der Waals surface area contributed by atoms with E-state index in [1.165, 1.54) is 55.3 Å². The van der Waals surface area contributed by atoms with Crippen molar-refractivity contribution in [2.45, 2.75) is 24.8 Å². The van der Waals surface area contributed by atoms with Crippen LogP contribution in [-0.4, -0.2) is 10.1 Å². The van der Waals surface area contributed by atoms with Crippen molar-refractivity contribution < 1.29 is 4.42 Å². The summed E-state index contributed by atoms with van der Waals surface area (Å²) in [5.74, 6) is 1.71. The molecule has 0 bridgehead atoms. The van der Waals surface area contributed by atoms with Crippen molar-refractivity contribution in [3.63, 3.8) is 0 Å². The first-order chi connectivity index (χ1) is 19.7. The SMILES string of the molecule is CC12C=Cc3c(oc4ccccc34)C1C1CC(c3ccc4c(c3)c3ccccc3n4-c3ccccc3)=CC=C1N2. The smallest absolute Gasteiger partial charge is 0.134 e. The van der Waals surface area contributed by atoms with E-state index in [-0.39, 0.29) is 11.5 Å². The van der Waals surface area contributed by atoms with E-state index in [1.807, 2.05) is 0 Å². The first-order valence-electron chi connectivity index (χ1n) is 14.2. The number of fused-ring (bicyclic) bond motifs is 10. The molecule has 3 unspecified atom stereocenters. The minimum absolute atomic E-state index is 0.159.